The zero-order valence-electron chi connectivity index (χ0n) is 21.6. The molecule has 1 aromatic heterocycles. The predicted octanol–water partition coefficient (Wildman–Crippen LogP) is 4.67. The van der Waals surface area contributed by atoms with E-state index < -0.39 is 17.3 Å². The van der Waals surface area contributed by atoms with Crippen molar-refractivity contribution in [2.45, 2.75) is 103 Å². The maximum absolute atomic E-state index is 13.3. The van der Waals surface area contributed by atoms with Gasteiger partial charge in [0.25, 0.3) is 5.91 Å². The highest BCUT2D eigenvalue weighted by molar-refractivity contribution is 6.05. The molecule has 188 valence electrons. The van der Waals surface area contributed by atoms with Gasteiger partial charge in [0.1, 0.15) is 5.60 Å². The van der Waals surface area contributed by atoms with E-state index >= 15 is 0 Å². The van der Waals surface area contributed by atoms with Gasteiger partial charge in [-0.3, -0.25) is 9.48 Å². The van der Waals surface area contributed by atoms with Crippen molar-refractivity contribution < 1.29 is 19.4 Å². The van der Waals surface area contributed by atoms with E-state index in [1.807, 2.05) is 77.4 Å². The lowest BCUT2D eigenvalue weighted by molar-refractivity contribution is -0.0102. The molecule has 34 heavy (non-hydrogen) atoms. The fourth-order valence-electron chi connectivity index (χ4n) is 4.64. The molecule has 0 unspecified atom stereocenters. The minimum Gasteiger partial charge on any atom is -0.444 e. The van der Waals surface area contributed by atoms with Crippen LogP contribution in [0.15, 0.2) is 24.3 Å². The van der Waals surface area contributed by atoms with Crippen LogP contribution in [0.4, 0.5) is 4.79 Å². The van der Waals surface area contributed by atoms with Crippen molar-refractivity contribution in [3.05, 3.63) is 30.0 Å². The topological polar surface area (TPSA) is 96.7 Å². The second-order valence-corrected chi connectivity index (χ2v) is 10.7. The molecule has 2 amide bonds. The summed E-state index contributed by atoms with van der Waals surface area (Å²) in [7, 11) is 0. The summed E-state index contributed by atoms with van der Waals surface area (Å²) in [6, 6.07) is 7.34. The van der Waals surface area contributed by atoms with Crippen LogP contribution in [-0.2, 0) is 4.74 Å². The van der Waals surface area contributed by atoms with E-state index in [2.05, 4.69) is 10.4 Å². The number of carbonyl (C=O) groups is 2. The SMILES string of the molecule is CCC(O)(CC)C[C@@H]1C[C@H](NC(=O)c2nn(C(C)C)c3ccccc23)CN1C(=O)OC(C)(C)C. The molecular weight excluding hydrogens is 432 g/mol. The molecule has 1 saturated heterocycles. The molecule has 0 spiro atoms. The van der Waals surface area contributed by atoms with Crippen LogP contribution in [-0.4, -0.2) is 61.6 Å². The minimum atomic E-state index is -0.865. The van der Waals surface area contributed by atoms with E-state index in [0.717, 1.165) is 10.9 Å². The normalized spacial score (nSPS) is 19.1. The summed E-state index contributed by atoms with van der Waals surface area (Å²) in [5.74, 6) is -0.258. The average molecular weight is 473 g/mol. The molecule has 0 saturated carbocycles. The first kappa shape index (κ1) is 26.0. The van der Waals surface area contributed by atoms with Crippen LogP contribution in [0.2, 0.25) is 0 Å². The number of nitrogens with one attached hydrogen (secondary N) is 1. The fraction of sp³-hybridized carbons (Fsp3) is 0.654. The molecule has 0 radical (unpaired) electrons. The van der Waals surface area contributed by atoms with Gasteiger partial charge in [0, 0.05) is 30.1 Å². The quantitative estimate of drug-likeness (QED) is 0.611. The highest BCUT2D eigenvalue weighted by Crippen LogP contribution is 2.31. The van der Waals surface area contributed by atoms with E-state index in [4.69, 9.17) is 4.74 Å². The maximum atomic E-state index is 13.3. The van der Waals surface area contributed by atoms with Crippen LogP contribution >= 0.6 is 0 Å². The van der Waals surface area contributed by atoms with Gasteiger partial charge in [0.2, 0.25) is 0 Å². The molecular formula is C26H40N4O4. The fourth-order valence-corrected chi connectivity index (χ4v) is 4.64. The summed E-state index contributed by atoms with van der Waals surface area (Å²) in [5.41, 5.74) is -0.193. The summed E-state index contributed by atoms with van der Waals surface area (Å²) in [4.78, 5) is 27.9. The third-order valence-electron chi connectivity index (χ3n) is 6.63. The first-order chi connectivity index (χ1) is 15.9. The van der Waals surface area contributed by atoms with Crippen molar-refractivity contribution in [3.63, 3.8) is 0 Å². The first-order valence-electron chi connectivity index (χ1n) is 12.4. The summed E-state index contributed by atoms with van der Waals surface area (Å²) in [6.45, 7) is 13.8. The van der Waals surface area contributed by atoms with Crippen molar-refractivity contribution in [2.24, 2.45) is 0 Å². The van der Waals surface area contributed by atoms with Gasteiger partial charge in [-0.1, -0.05) is 32.0 Å². The number of hydrogen-bond acceptors (Lipinski definition) is 5. The Bertz CT molecular complexity index is 1020. The monoisotopic (exact) mass is 472 g/mol. The summed E-state index contributed by atoms with van der Waals surface area (Å²) in [5, 5.41) is 19.5. The van der Waals surface area contributed by atoms with Crippen molar-refractivity contribution in [1.29, 1.82) is 0 Å². The average Bonchev–Trinajstić information content (AvgIpc) is 3.34. The van der Waals surface area contributed by atoms with Crippen molar-refractivity contribution in [1.82, 2.24) is 20.0 Å². The van der Waals surface area contributed by atoms with E-state index in [9.17, 15) is 14.7 Å². The number of benzene rings is 1. The number of nitrogens with zero attached hydrogens (tertiary/aromatic N) is 3. The van der Waals surface area contributed by atoms with Crippen molar-refractivity contribution >= 4 is 22.9 Å². The molecule has 3 rings (SSSR count). The van der Waals surface area contributed by atoms with Crippen LogP contribution in [0.1, 0.15) is 90.7 Å². The predicted molar refractivity (Wildman–Crippen MR) is 133 cm³/mol. The van der Waals surface area contributed by atoms with Gasteiger partial charge in [-0.05, 0) is 66.4 Å². The molecule has 2 atom stereocenters. The van der Waals surface area contributed by atoms with Crippen LogP contribution in [0.5, 0.6) is 0 Å². The number of aromatic nitrogens is 2. The number of para-hydroxylation sites is 1. The van der Waals surface area contributed by atoms with E-state index in [0.29, 0.717) is 37.9 Å². The lowest BCUT2D eigenvalue weighted by Gasteiger charge is -2.33. The molecule has 0 aliphatic carbocycles. The van der Waals surface area contributed by atoms with Crippen molar-refractivity contribution in [2.75, 3.05) is 6.54 Å². The van der Waals surface area contributed by atoms with Gasteiger partial charge in [0.15, 0.2) is 5.69 Å². The molecule has 1 aromatic carbocycles. The second-order valence-electron chi connectivity index (χ2n) is 10.7. The van der Waals surface area contributed by atoms with Crippen LogP contribution < -0.4 is 5.32 Å². The van der Waals surface area contributed by atoms with Crippen LogP contribution in [0.3, 0.4) is 0 Å². The molecule has 2 heterocycles. The first-order valence-corrected chi connectivity index (χ1v) is 12.4. The molecule has 1 aliphatic rings. The number of ether oxygens (including phenoxy) is 1. The molecule has 8 heteroatoms. The van der Waals surface area contributed by atoms with Gasteiger partial charge in [-0.2, -0.15) is 5.10 Å². The Morgan fingerprint density at radius 1 is 1.21 bits per heavy atom. The maximum Gasteiger partial charge on any atom is 0.410 e. The number of hydrogen-bond donors (Lipinski definition) is 2. The third-order valence-corrected chi connectivity index (χ3v) is 6.63. The summed E-state index contributed by atoms with van der Waals surface area (Å²) >= 11 is 0. The van der Waals surface area contributed by atoms with Gasteiger partial charge in [-0.25, -0.2) is 4.79 Å². The molecule has 1 aliphatic heterocycles. The molecule has 8 nitrogen and oxygen atoms in total. The largest absolute Gasteiger partial charge is 0.444 e. The summed E-state index contributed by atoms with van der Waals surface area (Å²) in [6.07, 6.45) is 1.76. The van der Waals surface area contributed by atoms with Gasteiger partial charge >= 0.3 is 6.09 Å². The van der Waals surface area contributed by atoms with E-state index in [1.54, 1.807) is 4.90 Å². The van der Waals surface area contributed by atoms with Gasteiger partial charge < -0.3 is 20.1 Å². The third kappa shape index (κ3) is 5.71. The van der Waals surface area contributed by atoms with Crippen LogP contribution in [0, 0.1) is 0 Å². The standard InChI is InChI=1S/C26H40N4O4/c1-8-26(33,9-2)15-19-14-18(16-29(19)24(32)34-25(5,6)7)27-23(31)22-20-12-10-11-13-21(20)30(28-22)17(3)4/h10-13,17-19,33H,8-9,14-16H2,1-7H3,(H,27,31)/t18-,19-/m0/s1. The Labute approximate surface area is 202 Å². The zero-order valence-corrected chi connectivity index (χ0v) is 21.6. The number of fused-ring (bicyclic) bond motifs is 1. The van der Waals surface area contributed by atoms with Crippen molar-refractivity contribution in [3.8, 4) is 0 Å². The molecule has 0 bridgehead atoms. The van der Waals surface area contributed by atoms with E-state index in [-0.39, 0.29) is 24.0 Å². The minimum absolute atomic E-state index is 0.116. The lowest BCUT2D eigenvalue weighted by atomic mass is 9.88. The number of aliphatic hydroxyl groups is 1. The molecule has 1 fully saturated rings. The summed E-state index contributed by atoms with van der Waals surface area (Å²) < 4.78 is 7.49. The van der Waals surface area contributed by atoms with E-state index in [1.165, 1.54) is 0 Å². The Hall–Kier alpha value is -2.61. The Kier molecular flexibility index (Phi) is 7.60. The number of rotatable bonds is 7. The number of carbonyl (C=O) groups excluding carboxylic acids is 2. The Morgan fingerprint density at radius 3 is 2.44 bits per heavy atom. The number of amides is 2. The van der Waals surface area contributed by atoms with Gasteiger partial charge in [-0.15, -0.1) is 0 Å². The Morgan fingerprint density at radius 2 is 1.85 bits per heavy atom. The van der Waals surface area contributed by atoms with Crippen LogP contribution in [0.25, 0.3) is 10.9 Å². The highest BCUT2D eigenvalue weighted by atomic mass is 16.6. The zero-order chi connectivity index (χ0) is 25.3. The highest BCUT2D eigenvalue weighted by Gasteiger charge is 2.42. The van der Waals surface area contributed by atoms with Gasteiger partial charge in [0.05, 0.1) is 11.1 Å². The smallest absolute Gasteiger partial charge is 0.410 e. The molecule has 2 N–H and O–H groups in total. The molecule has 2 aromatic rings. The lowest BCUT2D eigenvalue weighted by Crippen LogP contribution is -2.44. The number of likely N-dealkylation sites (tertiary alicyclic amines) is 1. The second kappa shape index (κ2) is 9.94. The Balaban J connectivity index is 1.83.